The molecule has 1 heterocycles. The number of phenolic OH excluding ortho intramolecular Hbond substituents is 1. The van der Waals surface area contributed by atoms with Gasteiger partial charge in [-0.25, -0.2) is 0 Å². The maximum absolute atomic E-state index is 13.4. The van der Waals surface area contributed by atoms with E-state index in [1.54, 1.807) is 48.5 Å². The maximum Gasteiger partial charge on any atom is 0.238 e. The molecule has 0 unspecified atom stereocenters. The van der Waals surface area contributed by atoms with Crippen LogP contribution in [0.25, 0.3) is 6.08 Å². The number of para-hydroxylation sites is 2. The number of imide groups is 1. The standard InChI is InChI=1S/C28H31NO6/c1-17(13-18-7-5-6-10-23(18)32)11-12-24(33)25-19(15-30)14-21-26(22(25)16-31)28(35)29(27(21)34)20-8-3-2-4-9-20/h2-10,13,21-22,24,26,30-33H,11-12,14-16H2,1H3/b17-13+/t21-,22+,24-,26-/m1/s1. The first-order chi connectivity index (χ1) is 16.9. The third-order valence-electron chi connectivity index (χ3n) is 7.10. The lowest BCUT2D eigenvalue weighted by Gasteiger charge is -2.36. The predicted molar refractivity (Wildman–Crippen MR) is 132 cm³/mol. The molecule has 1 aliphatic heterocycles. The highest BCUT2D eigenvalue weighted by molar-refractivity contribution is 6.22. The molecule has 2 amide bonds. The normalized spacial score (nSPS) is 23.6. The molecule has 7 nitrogen and oxygen atoms in total. The molecule has 2 aliphatic rings. The van der Waals surface area contributed by atoms with Crippen LogP contribution >= 0.6 is 0 Å². The molecule has 4 N–H and O–H groups in total. The quantitative estimate of drug-likeness (QED) is 0.343. The lowest BCUT2D eigenvalue weighted by molar-refractivity contribution is -0.123. The van der Waals surface area contributed by atoms with Gasteiger partial charge in [-0.3, -0.25) is 14.5 Å². The molecule has 0 spiro atoms. The monoisotopic (exact) mass is 477 g/mol. The minimum absolute atomic E-state index is 0.170. The number of carbonyl (C=O) groups excluding carboxylic acids is 2. The van der Waals surface area contributed by atoms with Crippen LogP contribution < -0.4 is 4.90 Å². The fourth-order valence-electron chi connectivity index (χ4n) is 5.40. The van der Waals surface area contributed by atoms with Gasteiger partial charge < -0.3 is 20.4 Å². The molecular weight excluding hydrogens is 446 g/mol. The van der Waals surface area contributed by atoms with Gasteiger partial charge in [0.25, 0.3) is 0 Å². The summed E-state index contributed by atoms with van der Waals surface area (Å²) in [6.45, 7) is 1.13. The summed E-state index contributed by atoms with van der Waals surface area (Å²) in [6.07, 6.45) is 1.85. The first kappa shape index (κ1) is 24.9. The molecule has 4 rings (SSSR count). The number of benzene rings is 2. The molecule has 35 heavy (non-hydrogen) atoms. The first-order valence-electron chi connectivity index (χ1n) is 11.9. The van der Waals surface area contributed by atoms with Crippen LogP contribution in [0, 0.1) is 17.8 Å². The van der Waals surface area contributed by atoms with Gasteiger partial charge in [0.05, 0.1) is 36.8 Å². The summed E-state index contributed by atoms with van der Waals surface area (Å²) >= 11 is 0. The molecule has 1 aliphatic carbocycles. The van der Waals surface area contributed by atoms with Gasteiger partial charge in [-0.05, 0) is 55.5 Å². The van der Waals surface area contributed by atoms with Crippen molar-refractivity contribution < 1.29 is 30.0 Å². The number of hydrogen-bond acceptors (Lipinski definition) is 6. The van der Waals surface area contributed by atoms with Gasteiger partial charge in [-0.15, -0.1) is 0 Å². The number of aliphatic hydroxyl groups is 3. The van der Waals surface area contributed by atoms with Crippen molar-refractivity contribution in [1.82, 2.24) is 0 Å². The Bertz CT molecular complexity index is 1160. The fourth-order valence-corrected chi connectivity index (χ4v) is 5.40. The number of allylic oxidation sites excluding steroid dienone is 1. The van der Waals surface area contributed by atoms with Crippen LogP contribution in [0.2, 0.25) is 0 Å². The van der Waals surface area contributed by atoms with E-state index >= 15 is 0 Å². The second kappa shape index (κ2) is 10.6. The van der Waals surface area contributed by atoms with Gasteiger partial charge in [0, 0.05) is 11.5 Å². The van der Waals surface area contributed by atoms with Gasteiger partial charge in [0.15, 0.2) is 0 Å². The number of amides is 2. The molecule has 184 valence electrons. The molecule has 2 aromatic rings. The minimum atomic E-state index is -0.989. The minimum Gasteiger partial charge on any atom is -0.507 e. The number of aliphatic hydroxyl groups excluding tert-OH is 3. The van der Waals surface area contributed by atoms with Crippen molar-refractivity contribution in [2.75, 3.05) is 18.1 Å². The van der Waals surface area contributed by atoms with Crippen molar-refractivity contribution >= 4 is 23.6 Å². The van der Waals surface area contributed by atoms with Crippen molar-refractivity contribution in [3.63, 3.8) is 0 Å². The first-order valence-corrected chi connectivity index (χ1v) is 11.9. The zero-order chi connectivity index (χ0) is 25.1. The van der Waals surface area contributed by atoms with E-state index in [0.29, 0.717) is 35.2 Å². The van der Waals surface area contributed by atoms with Crippen LogP contribution in [-0.4, -0.2) is 51.6 Å². The van der Waals surface area contributed by atoms with Crippen LogP contribution in [0.5, 0.6) is 5.75 Å². The van der Waals surface area contributed by atoms with Crippen LogP contribution in [0.4, 0.5) is 5.69 Å². The number of rotatable bonds is 8. The Labute approximate surface area is 204 Å². The van der Waals surface area contributed by atoms with E-state index in [2.05, 4.69) is 0 Å². The van der Waals surface area contributed by atoms with Gasteiger partial charge in [-0.2, -0.15) is 0 Å². The summed E-state index contributed by atoms with van der Waals surface area (Å²) in [6, 6.07) is 15.7. The van der Waals surface area contributed by atoms with Crippen molar-refractivity contribution in [2.24, 2.45) is 17.8 Å². The second-order valence-electron chi connectivity index (χ2n) is 9.29. The lowest BCUT2D eigenvalue weighted by atomic mass is 9.68. The molecule has 0 radical (unpaired) electrons. The number of anilines is 1. The van der Waals surface area contributed by atoms with Crippen molar-refractivity contribution in [1.29, 1.82) is 0 Å². The summed E-state index contributed by atoms with van der Waals surface area (Å²) in [5.41, 5.74) is 3.07. The third-order valence-corrected chi connectivity index (χ3v) is 7.10. The predicted octanol–water partition coefficient (Wildman–Crippen LogP) is 3.04. The second-order valence-corrected chi connectivity index (χ2v) is 9.29. The van der Waals surface area contributed by atoms with E-state index in [1.165, 1.54) is 4.90 Å². The molecule has 0 bridgehead atoms. The van der Waals surface area contributed by atoms with Crippen LogP contribution in [-0.2, 0) is 9.59 Å². The zero-order valence-corrected chi connectivity index (χ0v) is 19.7. The Hall–Kier alpha value is -3.26. The van der Waals surface area contributed by atoms with Gasteiger partial charge >= 0.3 is 0 Å². The average molecular weight is 478 g/mol. The summed E-state index contributed by atoms with van der Waals surface area (Å²) in [5.74, 6) is -2.78. The molecule has 1 fully saturated rings. The SMILES string of the molecule is C/C(=C\c1ccccc1O)CC[C@@H](O)C1=C(CO)C[C@H]2C(=O)N(c3ccccc3)C(=O)[C@H]2[C@H]1CO. The van der Waals surface area contributed by atoms with Crippen molar-refractivity contribution in [3.05, 3.63) is 76.9 Å². The van der Waals surface area contributed by atoms with Crippen LogP contribution in [0.1, 0.15) is 31.7 Å². The molecule has 7 heteroatoms. The fraction of sp³-hybridized carbons (Fsp3) is 0.357. The summed E-state index contributed by atoms with van der Waals surface area (Å²) in [5, 5.41) is 41.5. The molecule has 4 atom stereocenters. The van der Waals surface area contributed by atoms with E-state index in [1.807, 2.05) is 19.1 Å². The lowest BCUT2D eigenvalue weighted by Crippen LogP contribution is -2.39. The highest BCUT2D eigenvalue weighted by atomic mass is 16.3. The molecule has 0 aromatic heterocycles. The summed E-state index contributed by atoms with van der Waals surface area (Å²) in [4.78, 5) is 27.7. The Balaban J connectivity index is 1.57. The molecular formula is C28H31NO6. The van der Waals surface area contributed by atoms with Gasteiger partial charge in [0.2, 0.25) is 11.8 Å². The Morgan fingerprint density at radius 3 is 2.40 bits per heavy atom. The molecule has 1 saturated heterocycles. The van der Waals surface area contributed by atoms with E-state index in [9.17, 15) is 30.0 Å². The van der Waals surface area contributed by atoms with Crippen LogP contribution in [0.15, 0.2) is 71.3 Å². The van der Waals surface area contributed by atoms with E-state index < -0.39 is 30.5 Å². The van der Waals surface area contributed by atoms with Crippen molar-refractivity contribution in [2.45, 2.75) is 32.3 Å². The van der Waals surface area contributed by atoms with E-state index in [0.717, 1.165) is 5.57 Å². The number of aromatic hydroxyl groups is 1. The highest BCUT2D eigenvalue weighted by Crippen LogP contribution is 2.47. The van der Waals surface area contributed by atoms with Crippen molar-refractivity contribution in [3.8, 4) is 5.75 Å². The number of carbonyl (C=O) groups is 2. The number of phenols is 1. The smallest absolute Gasteiger partial charge is 0.238 e. The van der Waals surface area contributed by atoms with Gasteiger partial charge in [0.1, 0.15) is 5.75 Å². The Kier molecular flexibility index (Phi) is 7.50. The highest BCUT2D eigenvalue weighted by Gasteiger charge is 2.55. The van der Waals surface area contributed by atoms with E-state index in [-0.39, 0.29) is 30.6 Å². The van der Waals surface area contributed by atoms with E-state index in [4.69, 9.17) is 0 Å². The third kappa shape index (κ3) is 4.80. The topological polar surface area (TPSA) is 118 Å². The average Bonchev–Trinajstić information content (AvgIpc) is 3.12. The molecule has 0 saturated carbocycles. The van der Waals surface area contributed by atoms with Gasteiger partial charge in [-0.1, -0.05) is 48.0 Å². The maximum atomic E-state index is 13.4. The Morgan fingerprint density at radius 2 is 1.74 bits per heavy atom. The number of fused-ring (bicyclic) bond motifs is 1. The summed E-state index contributed by atoms with van der Waals surface area (Å²) < 4.78 is 0. The number of hydrogen-bond donors (Lipinski definition) is 4. The molecule has 2 aromatic carbocycles. The largest absolute Gasteiger partial charge is 0.507 e. The van der Waals surface area contributed by atoms with Crippen LogP contribution in [0.3, 0.4) is 0 Å². The Morgan fingerprint density at radius 1 is 1.06 bits per heavy atom. The summed E-state index contributed by atoms with van der Waals surface area (Å²) in [7, 11) is 0. The zero-order valence-electron chi connectivity index (χ0n) is 19.7. The number of nitrogens with zero attached hydrogens (tertiary/aromatic N) is 1.